The number of halogens is 1. The normalized spacial score (nSPS) is 17.7. The zero-order valence-corrected chi connectivity index (χ0v) is 23.1. The minimum Gasteiger partial charge on any atom is -0.449 e. The Bertz CT molecular complexity index is 1320. The predicted molar refractivity (Wildman–Crippen MR) is 151 cm³/mol. The van der Waals surface area contributed by atoms with E-state index in [0.717, 1.165) is 16.6 Å². The quantitative estimate of drug-likeness (QED) is 0.287. The topological polar surface area (TPSA) is 69.7 Å². The lowest BCUT2D eigenvalue weighted by Gasteiger charge is -2.32. The molecule has 3 aromatic rings. The highest BCUT2D eigenvalue weighted by molar-refractivity contribution is 6.56. The fourth-order valence-corrected chi connectivity index (χ4v) is 5.18. The Labute approximate surface area is 229 Å². The number of carbonyl (C=O) groups excluding carboxylic acids is 1. The SMILES string of the molecule is Cc1ccnc(Cl)c1C=C(CNC(=O)OCC1c2ccccc2-c2ccccc21)B1OC(C)(C)C(C)(C)O1. The van der Waals surface area contributed by atoms with Gasteiger partial charge in [-0.05, 0) is 74.0 Å². The van der Waals surface area contributed by atoms with E-state index in [-0.39, 0.29) is 19.1 Å². The molecule has 1 saturated heterocycles. The van der Waals surface area contributed by atoms with Crippen LogP contribution in [0.5, 0.6) is 0 Å². The van der Waals surface area contributed by atoms with E-state index in [1.807, 2.05) is 71.0 Å². The fourth-order valence-electron chi connectivity index (χ4n) is 4.92. The van der Waals surface area contributed by atoms with E-state index in [0.29, 0.717) is 5.15 Å². The van der Waals surface area contributed by atoms with Crippen LogP contribution in [-0.4, -0.2) is 42.5 Å². The summed E-state index contributed by atoms with van der Waals surface area (Å²) in [6.07, 6.45) is 3.04. The molecule has 0 radical (unpaired) electrons. The number of ether oxygens (including phenoxy) is 1. The lowest BCUT2D eigenvalue weighted by molar-refractivity contribution is 0.00578. The predicted octanol–water partition coefficient (Wildman–Crippen LogP) is 6.60. The third-order valence-corrected chi connectivity index (χ3v) is 8.13. The average Bonchev–Trinajstić information content (AvgIpc) is 3.31. The molecule has 8 heteroatoms. The highest BCUT2D eigenvalue weighted by Crippen LogP contribution is 2.44. The van der Waals surface area contributed by atoms with Gasteiger partial charge in [-0.25, -0.2) is 9.78 Å². The van der Waals surface area contributed by atoms with Gasteiger partial charge in [-0.2, -0.15) is 0 Å². The maximum absolute atomic E-state index is 12.9. The van der Waals surface area contributed by atoms with Crippen molar-refractivity contribution in [3.05, 3.63) is 93.7 Å². The van der Waals surface area contributed by atoms with Crippen LogP contribution in [-0.2, 0) is 14.0 Å². The molecule has 0 spiro atoms. The van der Waals surface area contributed by atoms with E-state index in [1.165, 1.54) is 22.3 Å². The van der Waals surface area contributed by atoms with Crippen LogP contribution in [0.15, 0.2) is 66.3 Å². The van der Waals surface area contributed by atoms with Gasteiger partial charge in [0.2, 0.25) is 0 Å². The summed E-state index contributed by atoms with van der Waals surface area (Å²) in [5.74, 6) is -0.0110. The van der Waals surface area contributed by atoms with Gasteiger partial charge in [-0.3, -0.25) is 0 Å². The molecule has 38 heavy (non-hydrogen) atoms. The molecule has 0 saturated carbocycles. The summed E-state index contributed by atoms with van der Waals surface area (Å²) in [6.45, 7) is 10.3. The maximum atomic E-state index is 12.9. The van der Waals surface area contributed by atoms with E-state index in [1.54, 1.807) is 6.20 Å². The van der Waals surface area contributed by atoms with Crippen molar-refractivity contribution >= 4 is 30.9 Å². The highest BCUT2D eigenvalue weighted by Gasteiger charge is 2.52. The van der Waals surface area contributed by atoms with Gasteiger partial charge < -0.3 is 19.4 Å². The van der Waals surface area contributed by atoms with E-state index in [2.05, 4.69) is 34.6 Å². The van der Waals surface area contributed by atoms with E-state index < -0.39 is 24.4 Å². The Morgan fingerprint density at radius 2 is 1.61 bits per heavy atom. The van der Waals surface area contributed by atoms with E-state index >= 15 is 0 Å². The summed E-state index contributed by atoms with van der Waals surface area (Å²) < 4.78 is 18.3. The molecular weight excluding hydrogens is 499 g/mol. The molecule has 196 valence electrons. The molecule has 1 N–H and O–H groups in total. The van der Waals surface area contributed by atoms with Crippen molar-refractivity contribution in [1.29, 1.82) is 0 Å². The van der Waals surface area contributed by atoms with Crippen LogP contribution in [0, 0.1) is 6.92 Å². The number of pyridine rings is 1. The summed E-state index contributed by atoms with van der Waals surface area (Å²) in [7, 11) is -0.662. The number of rotatable bonds is 6. The monoisotopic (exact) mass is 530 g/mol. The molecule has 1 amide bonds. The molecule has 1 aliphatic heterocycles. The summed E-state index contributed by atoms with van der Waals surface area (Å²) in [6, 6.07) is 18.4. The van der Waals surface area contributed by atoms with Gasteiger partial charge >= 0.3 is 13.2 Å². The first-order valence-corrected chi connectivity index (χ1v) is 13.2. The van der Waals surface area contributed by atoms with Gasteiger partial charge in [0, 0.05) is 24.2 Å². The number of amides is 1. The lowest BCUT2D eigenvalue weighted by Crippen LogP contribution is -2.41. The van der Waals surface area contributed by atoms with Crippen molar-refractivity contribution in [2.45, 2.75) is 51.7 Å². The molecule has 2 heterocycles. The van der Waals surface area contributed by atoms with Gasteiger partial charge in [-0.1, -0.05) is 66.2 Å². The molecule has 1 aromatic heterocycles. The largest absolute Gasteiger partial charge is 0.492 e. The van der Waals surface area contributed by atoms with Crippen LogP contribution in [0.4, 0.5) is 4.79 Å². The number of hydrogen-bond donors (Lipinski definition) is 1. The molecule has 1 fully saturated rings. The van der Waals surface area contributed by atoms with Crippen LogP contribution in [0.1, 0.15) is 55.9 Å². The van der Waals surface area contributed by atoms with Gasteiger partial charge in [0.15, 0.2) is 0 Å². The molecule has 2 aromatic carbocycles. The molecule has 5 rings (SSSR count). The first-order valence-electron chi connectivity index (χ1n) is 12.8. The summed E-state index contributed by atoms with van der Waals surface area (Å²) >= 11 is 6.41. The summed E-state index contributed by atoms with van der Waals surface area (Å²) in [5.41, 5.74) is 6.08. The maximum Gasteiger partial charge on any atom is 0.492 e. The smallest absolute Gasteiger partial charge is 0.449 e. The molecule has 0 atom stereocenters. The number of aromatic nitrogens is 1. The lowest BCUT2D eigenvalue weighted by atomic mass is 9.76. The Morgan fingerprint density at radius 3 is 2.18 bits per heavy atom. The van der Waals surface area contributed by atoms with Gasteiger partial charge in [0.05, 0.1) is 11.2 Å². The average molecular weight is 531 g/mol. The number of hydrogen-bond acceptors (Lipinski definition) is 5. The van der Waals surface area contributed by atoms with Crippen molar-refractivity contribution in [3.8, 4) is 11.1 Å². The Balaban J connectivity index is 1.32. The standard InChI is InChI=1S/C30H32BClN2O4/c1-19-14-15-33-27(32)25(19)16-20(31-37-29(2,3)30(4,5)38-31)17-34-28(35)36-18-26-23-12-8-6-10-21(23)22-11-7-9-13-24(22)26/h6-16,26H,17-18H2,1-5H3,(H,34,35). The Kier molecular flexibility index (Phi) is 7.12. The van der Waals surface area contributed by atoms with Crippen LogP contribution >= 0.6 is 11.6 Å². The number of benzene rings is 2. The fraction of sp³-hybridized carbons (Fsp3) is 0.333. The Hall–Kier alpha value is -3.13. The zero-order valence-electron chi connectivity index (χ0n) is 22.4. The second kappa shape index (κ2) is 10.2. The van der Waals surface area contributed by atoms with E-state index in [9.17, 15) is 4.79 Å². The number of nitrogens with zero attached hydrogens (tertiary/aromatic N) is 1. The molecule has 6 nitrogen and oxygen atoms in total. The second-order valence-corrected chi connectivity index (χ2v) is 11.2. The second-order valence-electron chi connectivity index (χ2n) is 10.8. The molecule has 1 aliphatic carbocycles. The highest BCUT2D eigenvalue weighted by atomic mass is 35.5. The third-order valence-electron chi connectivity index (χ3n) is 7.83. The Morgan fingerprint density at radius 1 is 1.03 bits per heavy atom. The van der Waals surface area contributed by atoms with Gasteiger partial charge in [0.25, 0.3) is 0 Å². The van der Waals surface area contributed by atoms with Crippen LogP contribution in [0.2, 0.25) is 5.15 Å². The van der Waals surface area contributed by atoms with Crippen molar-refractivity contribution in [2.24, 2.45) is 0 Å². The minimum absolute atomic E-state index is 0.0110. The van der Waals surface area contributed by atoms with E-state index in [4.69, 9.17) is 25.6 Å². The van der Waals surface area contributed by atoms with Crippen molar-refractivity contribution in [2.75, 3.05) is 13.2 Å². The zero-order chi connectivity index (χ0) is 27.1. The molecular formula is C30H32BClN2O4. The van der Waals surface area contributed by atoms with Crippen molar-refractivity contribution in [3.63, 3.8) is 0 Å². The number of carbonyl (C=O) groups is 1. The first-order chi connectivity index (χ1) is 18.1. The van der Waals surface area contributed by atoms with Gasteiger partial charge in [0.1, 0.15) is 11.8 Å². The first kappa shape index (κ1) is 26.5. The van der Waals surface area contributed by atoms with Crippen LogP contribution < -0.4 is 5.32 Å². The van der Waals surface area contributed by atoms with Gasteiger partial charge in [-0.15, -0.1) is 0 Å². The summed E-state index contributed by atoms with van der Waals surface area (Å²) in [5, 5.41) is 3.27. The summed E-state index contributed by atoms with van der Waals surface area (Å²) in [4.78, 5) is 17.1. The number of nitrogens with one attached hydrogen (secondary N) is 1. The number of aryl methyl sites for hydroxylation is 1. The van der Waals surface area contributed by atoms with Crippen molar-refractivity contribution in [1.82, 2.24) is 10.3 Å². The number of alkyl carbamates (subject to hydrolysis) is 1. The van der Waals surface area contributed by atoms with Crippen LogP contribution in [0.25, 0.3) is 17.2 Å². The minimum atomic E-state index is -0.662. The third kappa shape index (κ3) is 4.98. The molecule has 0 bridgehead atoms. The molecule has 0 unspecified atom stereocenters. The molecule has 2 aliphatic rings. The number of fused-ring (bicyclic) bond motifs is 3. The van der Waals surface area contributed by atoms with Crippen LogP contribution in [0.3, 0.4) is 0 Å². The van der Waals surface area contributed by atoms with Crippen molar-refractivity contribution < 1.29 is 18.8 Å².